The van der Waals surface area contributed by atoms with Crippen LogP contribution in [0.2, 0.25) is 0 Å². The van der Waals surface area contributed by atoms with Gasteiger partial charge in [0.1, 0.15) is 0 Å². The van der Waals surface area contributed by atoms with Gasteiger partial charge in [0.05, 0.1) is 16.3 Å². The Hall–Kier alpha value is -2.51. The number of benzene rings is 2. The molecule has 1 aromatic heterocycles. The van der Waals surface area contributed by atoms with Gasteiger partial charge in [0.15, 0.2) is 15.0 Å². The number of nitrogens with zero attached hydrogens (tertiary/aromatic N) is 1. The van der Waals surface area contributed by atoms with Crippen LogP contribution in [-0.2, 0) is 14.6 Å². The van der Waals surface area contributed by atoms with Gasteiger partial charge in [-0.3, -0.25) is 4.79 Å². The predicted octanol–water partition coefficient (Wildman–Crippen LogP) is 4.00. The van der Waals surface area contributed by atoms with Crippen molar-refractivity contribution in [2.75, 3.05) is 11.1 Å². The van der Waals surface area contributed by atoms with Crippen LogP contribution in [0.15, 0.2) is 70.9 Å². The van der Waals surface area contributed by atoms with Gasteiger partial charge >= 0.3 is 0 Å². The minimum atomic E-state index is -3.35. The Labute approximate surface area is 156 Å². The van der Waals surface area contributed by atoms with E-state index in [4.69, 9.17) is 0 Å². The van der Waals surface area contributed by atoms with Gasteiger partial charge in [-0.25, -0.2) is 13.4 Å². The Morgan fingerprint density at radius 3 is 2.35 bits per heavy atom. The Bertz CT molecular complexity index is 968. The molecule has 7 heteroatoms. The quantitative estimate of drug-likeness (QED) is 0.666. The van der Waals surface area contributed by atoms with Gasteiger partial charge in [0, 0.05) is 17.4 Å². The molecule has 3 aromatic rings. The van der Waals surface area contributed by atoms with Crippen molar-refractivity contribution in [1.82, 2.24) is 4.98 Å². The molecule has 0 atom stereocenters. The van der Waals surface area contributed by atoms with Gasteiger partial charge in [-0.05, 0) is 18.6 Å². The van der Waals surface area contributed by atoms with Crippen molar-refractivity contribution in [3.63, 3.8) is 0 Å². The first-order chi connectivity index (χ1) is 12.5. The molecule has 0 saturated heterocycles. The third kappa shape index (κ3) is 4.77. The summed E-state index contributed by atoms with van der Waals surface area (Å²) >= 11 is 1.35. The number of rotatable bonds is 7. The third-order valence-corrected chi connectivity index (χ3v) is 6.31. The zero-order valence-corrected chi connectivity index (χ0v) is 15.6. The highest BCUT2D eigenvalue weighted by molar-refractivity contribution is 7.91. The summed E-state index contributed by atoms with van der Waals surface area (Å²) in [4.78, 5) is 16.7. The highest BCUT2D eigenvalue weighted by atomic mass is 32.2. The van der Waals surface area contributed by atoms with Crippen LogP contribution in [-0.4, -0.2) is 25.1 Å². The summed E-state index contributed by atoms with van der Waals surface area (Å²) in [5.74, 6) is -0.292. The SMILES string of the molecule is O=C(CCCS(=O)(=O)c1ccccc1)Nc1nc(-c2ccccc2)cs1. The minimum absolute atomic E-state index is 0.0580. The Morgan fingerprint density at radius 2 is 1.65 bits per heavy atom. The van der Waals surface area contributed by atoms with Crippen molar-refractivity contribution < 1.29 is 13.2 Å². The normalized spacial score (nSPS) is 11.2. The first kappa shape index (κ1) is 18.3. The van der Waals surface area contributed by atoms with E-state index in [2.05, 4.69) is 10.3 Å². The first-order valence-electron chi connectivity index (χ1n) is 8.13. The summed E-state index contributed by atoms with van der Waals surface area (Å²) in [6.07, 6.45) is 0.395. The first-order valence-corrected chi connectivity index (χ1v) is 10.7. The second-order valence-electron chi connectivity index (χ2n) is 5.69. The van der Waals surface area contributed by atoms with Crippen LogP contribution >= 0.6 is 11.3 Å². The maximum absolute atomic E-state index is 12.2. The second kappa shape index (κ2) is 8.25. The average molecular weight is 386 g/mol. The molecule has 0 fully saturated rings. The van der Waals surface area contributed by atoms with Crippen molar-refractivity contribution >= 4 is 32.2 Å². The monoisotopic (exact) mass is 386 g/mol. The number of nitrogens with one attached hydrogen (secondary N) is 1. The van der Waals surface area contributed by atoms with Gasteiger partial charge < -0.3 is 5.32 Å². The summed E-state index contributed by atoms with van der Waals surface area (Å²) < 4.78 is 24.4. The van der Waals surface area contributed by atoms with E-state index in [1.54, 1.807) is 30.3 Å². The highest BCUT2D eigenvalue weighted by Gasteiger charge is 2.15. The molecule has 0 bridgehead atoms. The Balaban J connectivity index is 1.51. The lowest BCUT2D eigenvalue weighted by molar-refractivity contribution is -0.116. The van der Waals surface area contributed by atoms with Crippen LogP contribution in [0, 0.1) is 0 Å². The molecule has 0 aliphatic rings. The molecule has 0 unspecified atom stereocenters. The molecular formula is C19H18N2O3S2. The van der Waals surface area contributed by atoms with E-state index in [1.165, 1.54) is 11.3 Å². The Morgan fingerprint density at radius 1 is 1.00 bits per heavy atom. The number of carbonyl (C=O) groups excluding carboxylic acids is 1. The van der Waals surface area contributed by atoms with E-state index in [-0.39, 0.29) is 29.4 Å². The molecule has 0 saturated carbocycles. The van der Waals surface area contributed by atoms with Crippen LogP contribution in [0.1, 0.15) is 12.8 Å². The molecule has 26 heavy (non-hydrogen) atoms. The lowest BCUT2D eigenvalue weighted by Gasteiger charge is -2.04. The molecule has 2 aromatic carbocycles. The van der Waals surface area contributed by atoms with Crippen molar-refractivity contribution in [1.29, 1.82) is 0 Å². The summed E-state index contributed by atoms with van der Waals surface area (Å²) in [5.41, 5.74) is 1.79. The molecular weight excluding hydrogens is 368 g/mol. The van der Waals surface area contributed by atoms with E-state index in [1.807, 2.05) is 35.7 Å². The van der Waals surface area contributed by atoms with Crippen molar-refractivity contribution in [3.8, 4) is 11.3 Å². The fraction of sp³-hybridized carbons (Fsp3) is 0.158. The molecule has 5 nitrogen and oxygen atoms in total. The van der Waals surface area contributed by atoms with Gasteiger partial charge in [-0.15, -0.1) is 11.3 Å². The predicted molar refractivity (Wildman–Crippen MR) is 104 cm³/mol. The van der Waals surface area contributed by atoms with Crippen LogP contribution in [0.25, 0.3) is 11.3 Å². The van der Waals surface area contributed by atoms with Crippen LogP contribution in [0.3, 0.4) is 0 Å². The number of hydrogen-bond acceptors (Lipinski definition) is 5. The van der Waals surface area contributed by atoms with Crippen LogP contribution < -0.4 is 5.32 Å². The van der Waals surface area contributed by atoms with E-state index in [9.17, 15) is 13.2 Å². The third-order valence-electron chi connectivity index (χ3n) is 3.74. The standard InChI is InChI=1S/C19H18N2O3S2/c22-18(12-7-13-26(23,24)16-10-5-2-6-11-16)21-19-20-17(14-25-19)15-8-3-1-4-9-15/h1-6,8-11,14H,7,12-13H2,(H,20,21,22). The van der Waals surface area contributed by atoms with Gasteiger partial charge in [-0.1, -0.05) is 48.5 Å². The van der Waals surface area contributed by atoms with E-state index in [0.29, 0.717) is 5.13 Å². The van der Waals surface area contributed by atoms with Gasteiger partial charge in [-0.2, -0.15) is 0 Å². The average Bonchev–Trinajstić information content (AvgIpc) is 3.11. The number of hydrogen-bond donors (Lipinski definition) is 1. The molecule has 0 spiro atoms. The van der Waals surface area contributed by atoms with Crippen LogP contribution in [0.4, 0.5) is 5.13 Å². The van der Waals surface area contributed by atoms with Crippen molar-refractivity contribution in [2.24, 2.45) is 0 Å². The van der Waals surface area contributed by atoms with Gasteiger partial charge in [0.2, 0.25) is 5.91 Å². The number of thiazole rings is 1. The van der Waals surface area contributed by atoms with Crippen molar-refractivity contribution in [3.05, 3.63) is 66.0 Å². The number of carbonyl (C=O) groups is 1. The maximum atomic E-state index is 12.2. The molecule has 1 heterocycles. The molecule has 0 aliphatic carbocycles. The second-order valence-corrected chi connectivity index (χ2v) is 8.65. The summed E-state index contributed by atoms with van der Waals surface area (Å²) in [6, 6.07) is 18.0. The summed E-state index contributed by atoms with van der Waals surface area (Å²) in [5, 5.41) is 5.13. The molecule has 0 radical (unpaired) electrons. The molecule has 0 aliphatic heterocycles. The van der Waals surface area contributed by atoms with Crippen molar-refractivity contribution in [2.45, 2.75) is 17.7 Å². The van der Waals surface area contributed by atoms with E-state index >= 15 is 0 Å². The zero-order valence-electron chi connectivity index (χ0n) is 14.0. The van der Waals surface area contributed by atoms with E-state index in [0.717, 1.165) is 11.3 Å². The molecule has 134 valence electrons. The van der Waals surface area contributed by atoms with E-state index < -0.39 is 9.84 Å². The van der Waals surface area contributed by atoms with Crippen LogP contribution in [0.5, 0.6) is 0 Å². The number of anilines is 1. The summed E-state index contributed by atoms with van der Waals surface area (Å²) in [6.45, 7) is 0. The lowest BCUT2D eigenvalue weighted by atomic mass is 10.2. The number of sulfone groups is 1. The zero-order chi connectivity index (χ0) is 18.4. The topological polar surface area (TPSA) is 76.1 Å². The molecule has 1 amide bonds. The highest BCUT2D eigenvalue weighted by Crippen LogP contribution is 2.24. The fourth-order valence-electron chi connectivity index (χ4n) is 2.42. The maximum Gasteiger partial charge on any atom is 0.226 e. The minimum Gasteiger partial charge on any atom is -0.302 e. The lowest BCUT2D eigenvalue weighted by Crippen LogP contribution is -2.14. The molecule has 1 N–H and O–H groups in total. The Kier molecular flexibility index (Phi) is 5.80. The smallest absolute Gasteiger partial charge is 0.226 e. The summed E-state index contributed by atoms with van der Waals surface area (Å²) in [7, 11) is -3.35. The van der Waals surface area contributed by atoms with Gasteiger partial charge in [0.25, 0.3) is 0 Å². The largest absolute Gasteiger partial charge is 0.302 e. The molecule has 3 rings (SSSR count). The fourth-order valence-corrected chi connectivity index (χ4v) is 4.49. The number of amides is 1. The number of aromatic nitrogens is 1.